The molecule has 1 aromatic rings. The van der Waals surface area contributed by atoms with Crippen molar-refractivity contribution in [3.05, 3.63) is 34.1 Å². The Morgan fingerprint density at radius 1 is 1.50 bits per heavy atom. The highest BCUT2D eigenvalue weighted by Gasteiger charge is 2.29. The van der Waals surface area contributed by atoms with Gasteiger partial charge in [0.15, 0.2) is 0 Å². The molecule has 0 aromatic heterocycles. The molecule has 2 rings (SSSR count). The summed E-state index contributed by atoms with van der Waals surface area (Å²) in [6.45, 7) is 0.180. The van der Waals surface area contributed by atoms with Crippen LogP contribution in [0.5, 0.6) is 0 Å². The Hall–Kier alpha value is -1.69. The van der Waals surface area contributed by atoms with E-state index in [1.54, 1.807) is 4.90 Å². The van der Waals surface area contributed by atoms with E-state index >= 15 is 0 Å². The van der Waals surface area contributed by atoms with Crippen molar-refractivity contribution in [2.75, 3.05) is 18.1 Å². The lowest BCUT2D eigenvalue weighted by Gasteiger charge is -2.38. The molecule has 0 spiro atoms. The van der Waals surface area contributed by atoms with Crippen molar-refractivity contribution >= 4 is 11.4 Å². The number of halogens is 1. The number of rotatable bonds is 5. The fourth-order valence-corrected chi connectivity index (χ4v) is 2.19. The van der Waals surface area contributed by atoms with E-state index in [0.717, 1.165) is 25.3 Å². The third-order valence-corrected chi connectivity index (χ3v) is 3.30. The van der Waals surface area contributed by atoms with Crippen LogP contribution in [0.3, 0.4) is 0 Å². The van der Waals surface area contributed by atoms with Gasteiger partial charge in [0.1, 0.15) is 11.5 Å². The van der Waals surface area contributed by atoms with E-state index in [-0.39, 0.29) is 30.6 Å². The molecule has 98 valence electrons. The van der Waals surface area contributed by atoms with E-state index in [2.05, 4.69) is 0 Å². The van der Waals surface area contributed by atoms with E-state index in [9.17, 15) is 14.5 Å². The predicted octanol–water partition coefficient (Wildman–Crippen LogP) is 2.09. The highest BCUT2D eigenvalue weighted by Crippen LogP contribution is 2.35. The quantitative estimate of drug-likeness (QED) is 0.645. The topological polar surface area (TPSA) is 66.6 Å². The van der Waals surface area contributed by atoms with Crippen molar-refractivity contribution in [2.24, 2.45) is 0 Å². The van der Waals surface area contributed by atoms with Gasteiger partial charge in [0.25, 0.3) is 5.69 Å². The number of aliphatic hydroxyl groups excluding tert-OH is 1. The number of nitro benzene ring substituents is 1. The second-order valence-corrected chi connectivity index (χ2v) is 4.39. The Balaban J connectivity index is 2.37. The zero-order chi connectivity index (χ0) is 13.1. The van der Waals surface area contributed by atoms with Gasteiger partial charge in [0.05, 0.1) is 11.5 Å². The van der Waals surface area contributed by atoms with Gasteiger partial charge in [-0.2, -0.15) is 0 Å². The van der Waals surface area contributed by atoms with Crippen LogP contribution in [0.25, 0.3) is 0 Å². The Morgan fingerprint density at radius 3 is 2.72 bits per heavy atom. The lowest BCUT2D eigenvalue weighted by atomic mass is 9.91. The largest absolute Gasteiger partial charge is 0.395 e. The summed E-state index contributed by atoms with van der Waals surface area (Å²) in [5.74, 6) is -0.502. The third kappa shape index (κ3) is 2.43. The number of nitrogens with zero attached hydrogens (tertiary/aromatic N) is 2. The van der Waals surface area contributed by atoms with E-state index in [4.69, 9.17) is 5.11 Å². The molecule has 0 bridgehead atoms. The zero-order valence-corrected chi connectivity index (χ0v) is 9.88. The molecule has 0 heterocycles. The van der Waals surface area contributed by atoms with Gasteiger partial charge in [-0.05, 0) is 25.3 Å². The predicted molar refractivity (Wildman–Crippen MR) is 65.1 cm³/mol. The molecule has 0 aliphatic heterocycles. The lowest BCUT2D eigenvalue weighted by molar-refractivity contribution is -0.384. The van der Waals surface area contributed by atoms with E-state index in [1.165, 1.54) is 12.1 Å². The van der Waals surface area contributed by atoms with Crippen LogP contribution in [0, 0.1) is 15.9 Å². The molecule has 5 nitrogen and oxygen atoms in total. The summed E-state index contributed by atoms with van der Waals surface area (Å²) in [4.78, 5) is 12.2. The Morgan fingerprint density at radius 2 is 2.22 bits per heavy atom. The highest BCUT2D eigenvalue weighted by atomic mass is 19.1. The van der Waals surface area contributed by atoms with Crippen LogP contribution >= 0.6 is 0 Å². The summed E-state index contributed by atoms with van der Waals surface area (Å²) in [7, 11) is 0. The van der Waals surface area contributed by atoms with Crippen molar-refractivity contribution in [1.82, 2.24) is 0 Å². The van der Waals surface area contributed by atoms with Gasteiger partial charge in [0, 0.05) is 24.7 Å². The second-order valence-electron chi connectivity index (χ2n) is 4.39. The maximum Gasteiger partial charge on any atom is 0.292 e. The van der Waals surface area contributed by atoms with Crippen LogP contribution in [0.2, 0.25) is 0 Å². The molecule has 0 unspecified atom stereocenters. The number of nitro groups is 1. The SMILES string of the molecule is O=[N+]([O-])c1ccc(F)cc1N(CCO)C1CCC1. The molecule has 18 heavy (non-hydrogen) atoms. The molecule has 1 saturated carbocycles. The fourth-order valence-electron chi connectivity index (χ4n) is 2.19. The summed E-state index contributed by atoms with van der Waals surface area (Å²) >= 11 is 0. The van der Waals surface area contributed by atoms with Gasteiger partial charge in [0.2, 0.25) is 0 Å². The molecule has 1 aromatic carbocycles. The van der Waals surface area contributed by atoms with Gasteiger partial charge in [-0.1, -0.05) is 0 Å². The fraction of sp³-hybridized carbons (Fsp3) is 0.500. The molecular weight excluding hydrogens is 239 g/mol. The van der Waals surface area contributed by atoms with E-state index in [0.29, 0.717) is 0 Å². The molecule has 6 heteroatoms. The normalized spacial score (nSPS) is 15.2. The lowest BCUT2D eigenvalue weighted by Crippen LogP contribution is -2.42. The molecule has 0 radical (unpaired) electrons. The Labute approximate surface area is 104 Å². The first-order chi connectivity index (χ1) is 8.63. The minimum atomic E-state index is -0.516. The first-order valence-electron chi connectivity index (χ1n) is 5.95. The summed E-state index contributed by atoms with van der Waals surface area (Å²) in [6, 6.07) is 3.59. The molecule has 0 atom stereocenters. The van der Waals surface area contributed by atoms with Gasteiger partial charge < -0.3 is 10.0 Å². The van der Waals surface area contributed by atoms with Crippen molar-refractivity contribution in [1.29, 1.82) is 0 Å². The number of hydrogen-bond donors (Lipinski definition) is 1. The minimum absolute atomic E-state index is 0.107. The van der Waals surface area contributed by atoms with Crippen molar-refractivity contribution < 1.29 is 14.4 Å². The maximum absolute atomic E-state index is 13.3. The third-order valence-electron chi connectivity index (χ3n) is 3.30. The Kier molecular flexibility index (Phi) is 3.76. The van der Waals surface area contributed by atoms with Crippen molar-refractivity contribution in [3.63, 3.8) is 0 Å². The van der Waals surface area contributed by atoms with Crippen molar-refractivity contribution in [3.8, 4) is 0 Å². The number of hydrogen-bond acceptors (Lipinski definition) is 4. The van der Waals surface area contributed by atoms with Crippen molar-refractivity contribution in [2.45, 2.75) is 25.3 Å². The van der Waals surface area contributed by atoms with Gasteiger partial charge >= 0.3 is 0 Å². The minimum Gasteiger partial charge on any atom is -0.395 e. The first kappa shape index (κ1) is 12.8. The summed E-state index contributed by atoms with van der Waals surface area (Å²) < 4.78 is 13.3. The molecule has 1 aliphatic carbocycles. The van der Waals surface area contributed by atoms with Gasteiger partial charge in [-0.15, -0.1) is 0 Å². The van der Waals surface area contributed by atoms with Crippen LogP contribution < -0.4 is 4.90 Å². The molecule has 0 saturated heterocycles. The summed E-state index contributed by atoms with van der Waals surface area (Å²) in [6.07, 6.45) is 2.91. The summed E-state index contributed by atoms with van der Waals surface area (Å²) in [5.41, 5.74) is 0.149. The first-order valence-corrected chi connectivity index (χ1v) is 5.95. The molecule has 1 N–H and O–H groups in total. The average molecular weight is 254 g/mol. The number of anilines is 1. The Bertz CT molecular complexity index is 449. The van der Waals surface area contributed by atoms with Crippen LogP contribution in [0.4, 0.5) is 15.8 Å². The standard InChI is InChI=1S/C12H15FN2O3/c13-9-4-5-11(15(17)18)12(8-9)14(6-7-16)10-2-1-3-10/h4-5,8,10,16H,1-3,6-7H2. The van der Waals surface area contributed by atoms with Crippen LogP contribution in [0.15, 0.2) is 18.2 Å². The smallest absolute Gasteiger partial charge is 0.292 e. The van der Waals surface area contributed by atoms with E-state index < -0.39 is 10.7 Å². The van der Waals surface area contributed by atoms with Gasteiger partial charge in [-0.25, -0.2) is 4.39 Å². The molecule has 1 aliphatic rings. The average Bonchev–Trinajstić information content (AvgIpc) is 2.25. The number of aliphatic hydroxyl groups is 1. The maximum atomic E-state index is 13.3. The monoisotopic (exact) mass is 254 g/mol. The van der Waals surface area contributed by atoms with E-state index in [1.807, 2.05) is 0 Å². The van der Waals surface area contributed by atoms with Crippen LogP contribution in [0.1, 0.15) is 19.3 Å². The highest BCUT2D eigenvalue weighted by molar-refractivity contribution is 5.64. The zero-order valence-electron chi connectivity index (χ0n) is 9.88. The number of benzene rings is 1. The van der Waals surface area contributed by atoms with Gasteiger partial charge in [-0.3, -0.25) is 10.1 Å². The molecular formula is C12H15FN2O3. The second kappa shape index (κ2) is 5.30. The molecule has 0 amide bonds. The summed E-state index contributed by atoms with van der Waals surface area (Å²) in [5, 5.41) is 20.0. The van der Waals surface area contributed by atoms with Crippen LogP contribution in [-0.2, 0) is 0 Å². The van der Waals surface area contributed by atoms with Crippen LogP contribution in [-0.4, -0.2) is 29.2 Å². The molecule has 1 fully saturated rings.